The molecule has 0 spiro atoms. The number of carboxylic acids is 1. The van der Waals surface area contributed by atoms with E-state index in [4.69, 9.17) is 33.0 Å². The van der Waals surface area contributed by atoms with Gasteiger partial charge in [0.1, 0.15) is 5.75 Å². The van der Waals surface area contributed by atoms with Gasteiger partial charge in [-0.05, 0) is 30.2 Å². The number of alkyl halides is 1. The summed E-state index contributed by atoms with van der Waals surface area (Å²) in [7, 11) is 0. The van der Waals surface area contributed by atoms with Crippen LogP contribution in [0.25, 0.3) is 0 Å². The number of hydrogen-bond acceptors (Lipinski definition) is 3. The summed E-state index contributed by atoms with van der Waals surface area (Å²) in [6.45, 7) is 5.46. The highest BCUT2D eigenvalue weighted by atomic mass is 35.5. The molecule has 1 rings (SSSR count). The molecule has 1 aromatic carbocycles. The largest absolute Gasteiger partial charge is 0.478 e. The number of carbonyl (C=O) groups is 2. The number of allylic oxidation sites excluding steroid dienone is 1. The molecular weight excluding hydrogens is 291 g/mol. The number of carboxylic acid groups (broad SMARTS) is 1. The number of halogens is 2. The van der Waals surface area contributed by atoms with E-state index in [-0.39, 0.29) is 16.6 Å². The minimum absolute atomic E-state index is 0.159. The van der Waals surface area contributed by atoms with Crippen molar-refractivity contribution in [2.24, 2.45) is 0 Å². The van der Waals surface area contributed by atoms with Crippen molar-refractivity contribution in [2.45, 2.75) is 18.9 Å². The third-order valence-electron chi connectivity index (χ3n) is 2.37. The number of carbonyl (C=O) groups excluding carboxylic acids is 1. The number of rotatable bonds is 6. The SMILES string of the molecule is C=C(CC)C(=O)c1ccc(OC(Cl)C(=O)O)cc1Cl. The maximum absolute atomic E-state index is 11.9. The molecule has 0 aromatic heterocycles. The van der Waals surface area contributed by atoms with Gasteiger partial charge in [-0.1, -0.05) is 36.7 Å². The standard InChI is InChI=1S/C13H12Cl2O4/c1-3-7(2)11(16)9-5-4-8(6-10(9)14)19-12(15)13(17)18/h4-6,12H,2-3H2,1H3,(H,17,18). The number of Topliss-reactive ketones (excluding diaryl/α,β-unsaturated/α-hetero) is 1. The van der Waals surface area contributed by atoms with Crippen LogP contribution in [0.5, 0.6) is 5.75 Å². The second-order valence-corrected chi connectivity index (χ2v) is 4.50. The topological polar surface area (TPSA) is 63.6 Å². The van der Waals surface area contributed by atoms with E-state index in [1.54, 1.807) is 0 Å². The van der Waals surface area contributed by atoms with Crippen LogP contribution >= 0.6 is 23.2 Å². The van der Waals surface area contributed by atoms with Crippen LogP contribution in [0.4, 0.5) is 0 Å². The molecule has 102 valence electrons. The van der Waals surface area contributed by atoms with Crippen LogP contribution in [0.15, 0.2) is 30.4 Å². The average Bonchev–Trinajstić information content (AvgIpc) is 2.37. The number of ketones is 1. The molecule has 0 radical (unpaired) electrons. The van der Waals surface area contributed by atoms with Crippen molar-refractivity contribution in [1.82, 2.24) is 0 Å². The van der Waals surface area contributed by atoms with Crippen LogP contribution in [-0.4, -0.2) is 22.4 Å². The molecule has 1 atom stereocenters. The molecule has 0 fully saturated rings. The second-order valence-electron chi connectivity index (χ2n) is 3.70. The first-order valence-corrected chi connectivity index (χ1v) is 6.23. The molecule has 1 aromatic rings. The Morgan fingerprint density at radius 1 is 1.47 bits per heavy atom. The van der Waals surface area contributed by atoms with E-state index in [0.717, 1.165) is 0 Å². The summed E-state index contributed by atoms with van der Waals surface area (Å²) in [6, 6.07) is 4.22. The molecular formula is C13H12Cl2O4. The Labute approximate surface area is 120 Å². The summed E-state index contributed by atoms with van der Waals surface area (Å²) < 4.78 is 4.93. The smallest absolute Gasteiger partial charge is 0.360 e. The van der Waals surface area contributed by atoms with Crippen LogP contribution < -0.4 is 4.74 Å². The normalized spacial score (nSPS) is 11.7. The Morgan fingerprint density at radius 3 is 2.58 bits per heavy atom. The van der Waals surface area contributed by atoms with E-state index >= 15 is 0 Å². The lowest BCUT2D eigenvalue weighted by Gasteiger charge is -2.10. The molecule has 0 aliphatic heterocycles. The van der Waals surface area contributed by atoms with Gasteiger partial charge in [0.15, 0.2) is 5.78 Å². The summed E-state index contributed by atoms with van der Waals surface area (Å²) in [6.07, 6.45) is 0.524. The zero-order valence-electron chi connectivity index (χ0n) is 10.2. The predicted molar refractivity (Wildman–Crippen MR) is 73.1 cm³/mol. The molecule has 1 N–H and O–H groups in total. The number of benzene rings is 1. The van der Waals surface area contributed by atoms with Gasteiger partial charge in [-0.15, -0.1) is 0 Å². The molecule has 0 aliphatic carbocycles. The first kappa shape index (κ1) is 15.5. The third kappa shape index (κ3) is 3.98. The van der Waals surface area contributed by atoms with Crippen LogP contribution in [0.2, 0.25) is 5.02 Å². The summed E-state index contributed by atoms with van der Waals surface area (Å²) in [5.74, 6) is -1.39. The van der Waals surface area contributed by atoms with Crippen molar-refractivity contribution in [1.29, 1.82) is 0 Å². The first-order valence-electron chi connectivity index (χ1n) is 5.42. The molecule has 0 amide bonds. The number of ether oxygens (including phenoxy) is 1. The molecule has 0 aliphatic rings. The van der Waals surface area contributed by atoms with E-state index in [1.807, 2.05) is 6.92 Å². The van der Waals surface area contributed by atoms with E-state index in [0.29, 0.717) is 17.6 Å². The van der Waals surface area contributed by atoms with Crippen LogP contribution in [-0.2, 0) is 4.79 Å². The summed E-state index contributed by atoms with van der Waals surface area (Å²) in [5, 5.41) is 8.76. The van der Waals surface area contributed by atoms with Crippen molar-refractivity contribution in [3.05, 3.63) is 40.9 Å². The monoisotopic (exact) mass is 302 g/mol. The Kier molecular flexibility index (Phi) is 5.39. The zero-order valence-corrected chi connectivity index (χ0v) is 11.7. The Morgan fingerprint density at radius 2 is 2.11 bits per heavy atom. The van der Waals surface area contributed by atoms with Crippen molar-refractivity contribution in [3.63, 3.8) is 0 Å². The van der Waals surface area contributed by atoms with Gasteiger partial charge in [0.25, 0.3) is 5.56 Å². The number of hydrogen-bond donors (Lipinski definition) is 1. The Balaban J connectivity index is 2.95. The summed E-state index contributed by atoms with van der Waals surface area (Å²) >= 11 is 11.4. The lowest BCUT2D eigenvalue weighted by Crippen LogP contribution is -2.20. The molecule has 4 nitrogen and oxygen atoms in total. The molecule has 19 heavy (non-hydrogen) atoms. The van der Waals surface area contributed by atoms with Gasteiger partial charge >= 0.3 is 5.97 Å². The van der Waals surface area contributed by atoms with Crippen LogP contribution in [0.1, 0.15) is 23.7 Å². The minimum Gasteiger partial charge on any atom is -0.478 e. The molecule has 0 heterocycles. The lowest BCUT2D eigenvalue weighted by atomic mass is 10.0. The highest BCUT2D eigenvalue weighted by Crippen LogP contribution is 2.26. The molecule has 0 saturated heterocycles. The maximum atomic E-state index is 11.9. The lowest BCUT2D eigenvalue weighted by molar-refractivity contribution is -0.141. The third-order valence-corrected chi connectivity index (χ3v) is 2.96. The quantitative estimate of drug-likeness (QED) is 0.496. The number of aliphatic carboxylic acids is 1. The van der Waals surface area contributed by atoms with Crippen LogP contribution in [0.3, 0.4) is 0 Å². The maximum Gasteiger partial charge on any atom is 0.360 e. The predicted octanol–water partition coefficient (Wildman–Crippen LogP) is 3.52. The Hall–Kier alpha value is -1.52. The highest BCUT2D eigenvalue weighted by molar-refractivity contribution is 6.35. The highest BCUT2D eigenvalue weighted by Gasteiger charge is 2.17. The van der Waals surface area contributed by atoms with Gasteiger partial charge in [0.2, 0.25) is 0 Å². The zero-order chi connectivity index (χ0) is 14.6. The van der Waals surface area contributed by atoms with Gasteiger partial charge in [0, 0.05) is 5.56 Å². The molecule has 0 saturated carbocycles. The van der Waals surface area contributed by atoms with Gasteiger partial charge in [-0.25, -0.2) is 4.79 Å². The molecule has 1 unspecified atom stereocenters. The first-order chi connectivity index (χ1) is 8.86. The van der Waals surface area contributed by atoms with Gasteiger partial charge in [-0.3, -0.25) is 4.79 Å². The fraction of sp³-hybridized carbons (Fsp3) is 0.231. The Bertz CT molecular complexity index is 525. The van der Waals surface area contributed by atoms with E-state index < -0.39 is 11.5 Å². The van der Waals surface area contributed by atoms with E-state index in [2.05, 4.69) is 6.58 Å². The molecule has 0 bridgehead atoms. The van der Waals surface area contributed by atoms with Crippen molar-refractivity contribution >= 4 is 35.0 Å². The van der Waals surface area contributed by atoms with E-state index in [1.165, 1.54) is 18.2 Å². The van der Waals surface area contributed by atoms with Gasteiger partial charge < -0.3 is 9.84 Å². The second kappa shape index (κ2) is 6.59. The average molecular weight is 303 g/mol. The molecule has 6 heteroatoms. The van der Waals surface area contributed by atoms with Crippen molar-refractivity contribution in [3.8, 4) is 5.75 Å². The van der Waals surface area contributed by atoms with Crippen molar-refractivity contribution < 1.29 is 19.4 Å². The fourth-order valence-corrected chi connectivity index (χ4v) is 1.63. The minimum atomic E-state index is -1.51. The van der Waals surface area contributed by atoms with Gasteiger partial charge in [0.05, 0.1) is 5.02 Å². The fourth-order valence-electron chi connectivity index (χ4n) is 1.27. The summed E-state index contributed by atoms with van der Waals surface area (Å²) in [5.41, 5.74) is -0.776. The van der Waals surface area contributed by atoms with Crippen LogP contribution in [0, 0.1) is 0 Å². The van der Waals surface area contributed by atoms with E-state index in [9.17, 15) is 9.59 Å². The van der Waals surface area contributed by atoms with Gasteiger partial charge in [-0.2, -0.15) is 0 Å². The van der Waals surface area contributed by atoms with Crippen molar-refractivity contribution in [2.75, 3.05) is 0 Å². The summed E-state index contributed by atoms with van der Waals surface area (Å²) in [4.78, 5) is 22.4.